The molecule has 1 amide bonds. The van der Waals surface area contributed by atoms with Crippen LogP contribution in [0.3, 0.4) is 0 Å². The monoisotopic (exact) mass is 270 g/mol. The molecule has 0 aromatic carbocycles. The Labute approximate surface area is 114 Å². The second kappa shape index (κ2) is 8.15. The van der Waals surface area contributed by atoms with Crippen molar-refractivity contribution in [3.8, 4) is 0 Å². The minimum atomic E-state index is -0.767. The van der Waals surface area contributed by atoms with Crippen LogP contribution >= 0.6 is 0 Å². The van der Waals surface area contributed by atoms with Crippen LogP contribution in [0.25, 0.3) is 0 Å². The third-order valence-electron chi connectivity index (χ3n) is 4.00. The molecule has 1 saturated carbocycles. The van der Waals surface area contributed by atoms with Gasteiger partial charge in [0.05, 0.1) is 5.41 Å². The summed E-state index contributed by atoms with van der Waals surface area (Å²) in [4.78, 5) is 23.2. The predicted octanol–water partition coefficient (Wildman–Crippen LogP) is 1.66. The van der Waals surface area contributed by atoms with E-state index in [4.69, 9.17) is 5.73 Å². The second-order valence-corrected chi connectivity index (χ2v) is 5.52. The van der Waals surface area contributed by atoms with Gasteiger partial charge >= 0.3 is 5.97 Å². The molecule has 1 fully saturated rings. The van der Waals surface area contributed by atoms with E-state index >= 15 is 0 Å². The van der Waals surface area contributed by atoms with Gasteiger partial charge in [-0.2, -0.15) is 0 Å². The first-order chi connectivity index (χ1) is 9.10. The van der Waals surface area contributed by atoms with Gasteiger partial charge in [0, 0.05) is 13.0 Å². The first-order valence-electron chi connectivity index (χ1n) is 7.31. The molecule has 0 aromatic rings. The number of carboxylic acids is 1. The molecule has 0 heterocycles. The highest BCUT2D eigenvalue weighted by Crippen LogP contribution is 2.34. The normalized spacial score (nSPS) is 18.6. The van der Waals surface area contributed by atoms with Crippen molar-refractivity contribution in [3.05, 3.63) is 0 Å². The van der Waals surface area contributed by atoms with Crippen molar-refractivity contribution in [2.45, 2.75) is 57.8 Å². The van der Waals surface area contributed by atoms with Crippen molar-refractivity contribution in [3.63, 3.8) is 0 Å². The van der Waals surface area contributed by atoms with E-state index < -0.39 is 11.4 Å². The molecule has 110 valence electrons. The van der Waals surface area contributed by atoms with Crippen molar-refractivity contribution in [2.24, 2.45) is 11.1 Å². The van der Waals surface area contributed by atoms with E-state index in [0.717, 1.165) is 38.5 Å². The third kappa shape index (κ3) is 5.19. The van der Waals surface area contributed by atoms with Gasteiger partial charge in [0.25, 0.3) is 0 Å². The number of aliphatic carboxylic acids is 1. The molecule has 0 saturated heterocycles. The molecule has 0 atom stereocenters. The Balaban J connectivity index is 2.45. The maximum Gasteiger partial charge on any atom is 0.311 e. The molecular weight excluding hydrogens is 244 g/mol. The lowest BCUT2D eigenvalue weighted by Gasteiger charge is -2.28. The molecule has 0 radical (unpaired) electrons. The van der Waals surface area contributed by atoms with Crippen LogP contribution in [0.4, 0.5) is 0 Å². The minimum absolute atomic E-state index is 0.0571. The van der Waals surface area contributed by atoms with Gasteiger partial charge in [-0.3, -0.25) is 9.59 Å². The van der Waals surface area contributed by atoms with Gasteiger partial charge in [0.15, 0.2) is 0 Å². The zero-order valence-electron chi connectivity index (χ0n) is 11.6. The fraction of sp³-hybridized carbons (Fsp3) is 0.857. The van der Waals surface area contributed by atoms with Crippen LogP contribution in [0.2, 0.25) is 0 Å². The van der Waals surface area contributed by atoms with E-state index in [-0.39, 0.29) is 12.5 Å². The molecule has 0 unspecified atom stereocenters. The summed E-state index contributed by atoms with van der Waals surface area (Å²) >= 11 is 0. The number of unbranched alkanes of at least 4 members (excludes halogenated alkanes) is 1. The molecule has 5 heteroatoms. The van der Waals surface area contributed by atoms with Crippen LogP contribution in [-0.4, -0.2) is 30.1 Å². The Kier molecular flexibility index (Phi) is 6.84. The van der Waals surface area contributed by atoms with Crippen LogP contribution in [0.5, 0.6) is 0 Å². The predicted molar refractivity (Wildman–Crippen MR) is 73.7 cm³/mol. The molecule has 4 N–H and O–H groups in total. The fourth-order valence-electron chi connectivity index (χ4n) is 2.66. The molecule has 0 aromatic heterocycles. The smallest absolute Gasteiger partial charge is 0.311 e. The lowest BCUT2D eigenvalue weighted by Crippen LogP contribution is -2.42. The number of carboxylic acid groups (broad SMARTS) is 1. The molecule has 0 aliphatic heterocycles. The van der Waals surface area contributed by atoms with Gasteiger partial charge < -0.3 is 16.2 Å². The first-order valence-corrected chi connectivity index (χ1v) is 7.31. The number of nitrogens with one attached hydrogen (secondary N) is 1. The summed E-state index contributed by atoms with van der Waals surface area (Å²) in [5.74, 6) is -0.824. The maximum atomic E-state index is 11.7. The summed E-state index contributed by atoms with van der Waals surface area (Å²) in [6, 6.07) is 0. The summed E-state index contributed by atoms with van der Waals surface area (Å²) in [6.07, 6.45) is 7.45. The number of amides is 1. The average Bonchev–Trinajstić information content (AvgIpc) is 2.63. The zero-order valence-corrected chi connectivity index (χ0v) is 11.6. The summed E-state index contributed by atoms with van der Waals surface area (Å²) in [6.45, 7) is 0.857. The average molecular weight is 270 g/mol. The van der Waals surface area contributed by atoms with E-state index in [2.05, 4.69) is 5.32 Å². The Morgan fingerprint density at radius 3 is 2.26 bits per heavy atom. The summed E-state index contributed by atoms with van der Waals surface area (Å²) < 4.78 is 0. The van der Waals surface area contributed by atoms with Crippen LogP contribution < -0.4 is 11.1 Å². The lowest BCUT2D eigenvalue weighted by atomic mass is 9.80. The molecule has 0 bridgehead atoms. The number of carbonyl (C=O) groups is 2. The Morgan fingerprint density at radius 1 is 1.11 bits per heavy atom. The third-order valence-corrected chi connectivity index (χ3v) is 4.00. The number of nitrogens with two attached hydrogens (primary N) is 1. The number of rotatable bonds is 7. The van der Waals surface area contributed by atoms with Gasteiger partial charge in [-0.15, -0.1) is 0 Å². The summed E-state index contributed by atoms with van der Waals surface area (Å²) in [5, 5.41) is 12.3. The molecule has 1 aliphatic rings. The van der Waals surface area contributed by atoms with E-state index in [1.807, 2.05) is 0 Å². The zero-order chi connectivity index (χ0) is 14.1. The van der Waals surface area contributed by atoms with E-state index in [0.29, 0.717) is 25.8 Å². The van der Waals surface area contributed by atoms with E-state index in [1.54, 1.807) is 0 Å². The first kappa shape index (κ1) is 16.0. The minimum Gasteiger partial charge on any atom is -0.481 e. The highest BCUT2D eigenvalue weighted by atomic mass is 16.4. The Hall–Kier alpha value is -1.10. The van der Waals surface area contributed by atoms with Crippen LogP contribution in [0.1, 0.15) is 57.8 Å². The van der Waals surface area contributed by atoms with Crippen molar-refractivity contribution in [1.29, 1.82) is 0 Å². The van der Waals surface area contributed by atoms with E-state index in [1.165, 1.54) is 0 Å². The van der Waals surface area contributed by atoms with Crippen LogP contribution in [0, 0.1) is 5.41 Å². The Bertz CT molecular complexity index is 297. The topological polar surface area (TPSA) is 92.4 Å². The second-order valence-electron chi connectivity index (χ2n) is 5.52. The highest BCUT2D eigenvalue weighted by Gasteiger charge is 2.38. The number of hydrogen-bond donors (Lipinski definition) is 3. The Morgan fingerprint density at radius 2 is 1.74 bits per heavy atom. The molecule has 1 aliphatic carbocycles. The molecule has 19 heavy (non-hydrogen) atoms. The largest absolute Gasteiger partial charge is 0.481 e. The summed E-state index contributed by atoms with van der Waals surface area (Å²) in [5.41, 5.74) is 4.62. The van der Waals surface area contributed by atoms with Crippen LogP contribution in [0.15, 0.2) is 0 Å². The van der Waals surface area contributed by atoms with Crippen molar-refractivity contribution in [2.75, 3.05) is 13.1 Å². The van der Waals surface area contributed by atoms with E-state index in [9.17, 15) is 14.7 Å². The van der Waals surface area contributed by atoms with Gasteiger partial charge in [0.1, 0.15) is 0 Å². The number of carbonyl (C=O) groups excluding carboxylic acids is 1. The number of hydrogen-bond acceptors (Lipinski definition) is 3. The maximum absolute atomic E-state index is 11.7. The summed E-state index contributed by atoms with van der Waals surface area (Å²) in [7, 11) is 0. The van der Waals surface area contributed by atoms with Crippen molar-refractivity contribution < 1.29 is 14.7 Å². The van der Waals surface area contributed by atoms with Crippen molar-refractivity contribution in [1.82, 2.24) is 5.32 Å². The highest BCUT2D eigenvalue weighted by molar-refractivity contribution is 5.79. The van der Waals surface area contributed by atoms with Gasteiger partial charge in [-0.05, 0) is 32.2 Å². The fourth-order valence-corrected chi connectivity index (χ4v) is 2.66. The SMILES string of the molecule is NCCCCC(=O)NCC1(C(=O)O)CCCCCC1. The van der Waals surface area contributed by atoms with Gasteiger partial charge in [-0.25, -0.2) is 0 Å². The molecule has 0 spiro atoms. The van der Waals surface area contributed by atoms with Crippen LogP contribution in [-0.2, 0) is 9.59 Å². The molecular formula is C14H26N2O3. The van der Waals surface area contributed by atoms with Gasteiger partial charge in [-0.1, -0.05) is 25.7 Å². The molecule has 5 nitrogen and oxygen atoms in total. The van der Waals surface area contributed by atoms with Crippen molar-refractivity contribution >= 4 is 11.9 Å². The lowest BCUT2D eigenvalue weighted by molar-refractivity contribution is -0.149. The molecule has 1 rings (SSSR count). The van der Waals surface area contributed by atoms with Gasteiger partial charge in [0.2, 0.25) is 5.91 Å². The standard InChI is InChI=1S/C14H26N2O3/c15-10-6-3-7-12(17)16-11-14(13(18)19)8-4-1-2-5-9-14/h1-11,15H2,(H,16,17)(H,18,19). The quantitative estimate of drug-likeness (QED) is 0.484.